The number of nitrogens with zero attached hydrogens (tertiary/aromatic N) is 1. The standard InChI is InChI=1S/C8H3BrF5NO/c9-6-3(7(10)11)1-5(8(12,13)14)15-4(6)2-16/h1-2,7H. The molecular formula is C8H3BrF5NO. The molecule has 2 nitrogen and oxygen atoms in total. The van der Waals surface area contributed by atoms with Crippen LogP contribution in [0.5, 0.6) is 0 Å². The Labute approximate surface area is 94.6 Å². The molecule has 0 aliphatic carbocycles. The molecule has 0 fully saturated rings. The molecular weight excluding hydrogens is 301 g/mol. The minimum Gasteiger partial charge on any atom is -0.296 e. The smallest absolute Gasteiger partial charge is 0.296 e. The summed E-state index contributed by atoms with van der Waals surface area (Å²) in [5.41, 5.74) is -3.14. The highest BCUT2D eigenvalue weighted by atomic mass is 79.9. The number of rotatable bonds is 2. The van der Waals surface area contributed by atoms with E-state index in [1.807, 2.05) is 0 Å². The highest BCUT2D eigenvalue weighted by Crippen LogP contribution is 2.35. The molecule has 1 heterocycles. The zero-order valence-corrected chi connectivity index (χ0v) is 8.94. The minimum absolute atomic E-state index is 0.0226. The molecule has 0 aliphatic rings. The van der Waals surface area contributed by atoms with E-state index < -0.39 is 34.0 Å². The number of hydrogen-bond donors (Lipinski definition) is 0. The topological polar surface area (TPSA) is 30.0 Å². The fourth-order valence-corrected chi connectivity index (χ4v) is 1.42. The van der Waals surface area contributed by atoms with Gasteiger partial charge in [-0.25, -0.2) is 13.8 Å². The number of aromatic nitrogens is 1. The summed E-state index contributed by atoms with van der Waals surface area (Å²) >= 11 is 2.60. The molecule has 0 bridgehead atoms. The van der Waals surface area contributed by atoms with Crippen LogP contribution in [0.3, 0.4) is 0 Å². The molecule has 1 aromatic heterocycles. The lowest BCUT2D eigenvalue weighted by Crippen LogP contribution is -2.11. The van der Waals surface area contributed by atoms with Crippen LogP contribution in [0, 0.1) is 0 Å². The Balaban J connectivity index is 3.46. The number of pyridine rings is 1. The summed E-state index contributed by atoms with van der Waals surface area (Å²) in [5, 5.41) is 0. The summed E-state index contributed by atoms with van der Waals surface area (Å²) in [6.07, 6.45) is -8.02. The second kappa shape index (κ2) is 4.44. The number of carbonyl (C=O) groups is 1. The van der Waals surface area contributed by atoms with E-state index >= 15 is 0 Å². The molecule has 1 rings (SSSR count). The van der Waals surface area contributed by atoms with Gasteiger partial charge in [-0.05, 0) is 22.0 Å². The normalized spacial score (nSPS) is 11.9. The van der Waals surface area contributed by atoms with Crippen molar-refractivity contribution in [3.8, 4) is 0 Å². The van der Waals surface area contributed by atoms with E-state index in [-0.39, 0.29) is 12.4 Å². The highest BCUT2D eigenvalue weighted by Gasteiger charge is 2.35. The quantitative estimate of drug-likeness (QED) is 0.617. The molecule has 0 amide bonds. The molecule has 0 radical (unpaired) electrons. The molecule has 0 saturated heterocycles. The van der Waals surface area contributed by atoms with E-state index in [1.54, 1.807) is 0 Å². The molecule has 0 atom stereocenters. The molecule has 88 valence electrons. The first kappa shape index (κ1) is 13.0. The van der Waals surface area contributed by atoms with Crippen LogP contribution in [-0.4, -0.2) is 11.3 Å². The summed E-state index contributed by atoms with van der Waals surface area (Å²) in [7, 11) is 0. The zero-order valence-electron chi connectivity index (χ0n) is 7.36. The van der Waals surface area contributed by atoms with Gasteiger partial charge in [-0.1, -0.05) is 0 Å². The Morgan fingerprint density at radius 3 is 2.31 bits per heavy atom. The van der Waals surface area contributed by atoms with Crippen molar-refractivity contribution in [3.63, 3.8) is 0 Å². The molecule has 0 saturated carbocycles. The Bertz CT molecular complexity index is 418. The van der Waals surface area contributed by atoms with Crippen molar-refractivity contribution in [3.05, 3.63) is 27.5 Å². The van der Waals surface area contributed by atoms with E-state index in [9.17, 15) is 26.7 Å². The van der Waals surface area contributed by atoms with Crippen LogP contribution in [0.1, 0.15) is 28.2 Å². The number of alkyl halides is 5. The summed E-state index contributed by atoms with van der Waals surface area (Å²) < 4.78 is 61.0. The Hall–Kier alpha value is -1.05. The molecule has 0 N–H and O–H groups in total. The van der Waals surface area contributed by atoms with Gasteiger partial charge in [0.25, 0.3) is 6.43 Å². The van der Waals surface area contributed by atoms with E-state index in [4.69, 9.17) is 0 Å². The first-order valence-corrected chi connectivity index (χ1v) is 4.57. The SMILES string of the molecule is O=Cc1nc(C(F)(F)F)cc(C(F)F)c1Br. The van der Waals surface area contributed by atoms with Crippen molar-refractivity contribution in [1.82, 2.24) is 4.98 Å². The van der Waals surface area contributed by atoms with Gasteiger partial charge in [0.15, 0.2) is 6.29 Å². The second-order valence-electron chi connectivity index (χ2n) is 2.71. The third kappa shape index (κ3) is 2.55. The molecule has 0 unspecified atom stereocenters. The molecule has 16 heavy (non-hydrogen) atoms. The summed E-state index contributed by atoms with van der Waals surface area (Å²) in [6, 6.07) is 0.210. The first-order valence-electron chi connectivity index (χ1n) is 3.78. The van der Waals surface area contributed by atoms with Gasteiger partial charge in [0, 0.05) is 5.56 Å². The molecule has 0 aromatic carbocycles. The van der Waals surface area contributed by atoms with Gasteiger partial charge in [0.2, 0.25) is 0 Å². The van der Waals surface area contributed by atoms with E-state index in [1.165, 1.54) is 0 Å². The zero-order chi connectivity index (χ0) is 12.5. The highest BCUT2D eigenvalue weighted by molar-refractivity contribution is 9.10. The van der Waals surface area contributed by atoms with Crippen molar-refractivity contribution < 1.29 is 26.7 Å². The lowest BCUT2D eigenvalue weighted by atomic mass is 10.2. The second-order valence-corrected chi connectivity index (χ2v) is 3.51. The Morgan fingerprint density at radius 1 is 1.38 bits per heavy atom. The number of aldehydes is 1. The molecule has 0 aliphatic heterocycles. The first-order chi connectivity index (χ1) is 7.27. The largest absolute Gasteiger partial charge is 0.433 e. The summed E-state index contributed by atoms with van der Waals surface area (Å²) in [4.78, 5) is 13.3. The maximum atomic E-state index is 12.4. The van der Waals surface area contributed by atoms with E-state index in [0.29, 0.717) is 0 Å². The van der Waals surface area contributed by atoms with Crippen LogP contribution in [0.15, 0.2) is 10.5 Å². The lowest BCUT2D eigenvalue weighted by molar-refractivity contribution is -0.141. The molecule has 8 heteroatoms. The van der Waals surface area contributed by atoms with Gasteiger partial charge in [-0.15, -0.1) is 0 Å². The van der Waals surface area contributed by atoms with Crippen LogP contribution < -0.4 is 0 Å². The average Bonchev–Trinajstić information content (AvgIpc) is 2.15. The molecule has 0 spiro atoms. The van der Waals surface area contributed by atoms with Gasteiger partial charge >= 0.3 is 6.18 Å². The third-order valence-corrected chi connectivity index (χ3v) is 2.51. The minimum atomic E-state index is -4.87. The third-order valence-electron chi connectivity index (χ3n) is 1.65. The Kier molecular flexibility index (Phi) is 3.61. The van der Waals surface area contributed by atoms with Crippen LogP contribution >= 0.6 is 15.9 Å². The fraction of sp³-hybridized carbons (Fsp3) is 0.250. The average molecular weight is 304 g/mol. The summed E-state index contributed by atoms with van der Waals surface area (Å²) in [5.74, 6) is 0. The van der Waals surface area contributed by atoms with Crippen LogP contribution in [-0.2, 0) is 6.18 Å². The van der Waals surface area contributed by atoms with Crippen molar-refractivity contribution >= 4 is 22.2 Å². The summed E-state index contributed by atoms with van der Waals surface area (Å²) in [6.45, 7) is 0. The van der Waals surface area contributed by atoms with Crippen molar-refractivity contribution in [2.24, 2.45) is 0 Å². The van der Waals surface area contributed by atoms with Gasteiger partial charge in [0.1, 0.15) is 11.4 Å². The van der Waals surface area contributed by atoms with Crippen LogP contribution in [0.25, 0.3) is 0 Å². The van der Waals surface area contributed by atoms with Crippen LogP contribution in [0.4, 0.5) is 22.0 Å². The Morgan fingerprint density at radius 2 is 1.94 bits per heavy atom. The monoisotopic (exact) mass is 303 g/mol. The number of halogens is 6. The maximum Gasteiger partial charge on any atom is 0.433 e. The van der Waals surface area contributed by atoms with E-state index in [0.717, 1.165) is 0 Å². The van der Waals surface area contributed by atoms with Gasteiger partial charge in [0.05, 0.1) is 4.47 Å². The lowest BCUT2D eigenvalue weighted by Gasteiger charge is -2.10. The van der Waals surface area contributed by atoms with E-state index in [2.05, 4.69) is 20.9 Å². The van der Waals surface area contributed by atoms with Crippen molar-refractivity contribution in [2.45, 2.75) is 12.6 Å². The number of hydrogen-bond acceptors (Lipinski definition) is 2. The molecule has 1 aromatic rings. The fourth-order valence-electron chi connectivity index (χ4n) is 0.952. The predicted octanol–water partition coefficient (Wildman–Crippen LogP) is 3.61. The van der Waals surface area contributed by atoms with Crippen molar-refractivity contribution in [2.75, 3.05) is 0 Å². The van der Waals surface area contributed by atoms with Crippen LogP contribution in [0.2, 0.25) is 0 Å². The van der Waals surface area contributed by atoms with Crippen molar-refractivity contribution in [1.29, 1.82) is 0 Å². The number of carbonyl (C=O) groups excluding carboxylic acids is 1. The maximum absolute atomic E-state index is 12.4. The van der Waals surface area contributed by atoms with Gasteiger partial charge < -0.3 is 0 Å². The predicted molar refractivity (Wildman–Crippen MR) is 47.3 cm³/mol. The van der Waals surface area contributed by atoms with Gasteiger partial charge in [-0.2, -0.15) is 13.2 Å². The van der Waals surface area contributed by atoms with Gasteiger partial charge in [-0.3, -0.25) is 4.79 Å².